The Bertz CT molecular complexity index is 1370. The van der Waals surface area contributed by atoms with E-state index in [1.807, 2.05) is 56.3 Å². The largest absolute Gasteiger partial charge is 0.382 e. The number of hydrogen-bond acceptors (Lipinski definition) is 8. The maximum absolute atomic E-state index is 13.1. The van der Waals surface area contributed by atoms with Gasteiger partial charge in [-0.1, -0.05) is 18.7 Å². The average Bonchev–Trinajstić information content (AvgIpc) is 3.14. The molecule has 1 saturated heterocycles. The van der Waals surface area contributed by atoms with Crippen molar-refractivity contribution < 1.29 is 4.79 Å². The van der Waals surface area contributed by atoms with E-state index in [0.717, 1.165) is 43.9 Å². The number of hydrogen-bond donors (Lipinski definition) is 3. The van der Waals surface area contributed by atoms with Crippen molar-refractivity contribution in [2.45, 2.75) is 13.3 Å². The molecule has 4 rings (SSSR count). The van der Waals surface area contributed by atoms with Gasteiger partial charge in [-0.05, 0) is 69.0 Å². The first-order valence-corrected chi connectivity index (χ1v) is 13.0. The van der Waals surface area contributed by atoms with E-state index >= 15 is 0 Å². The molecule has 0 radical (unpaired) electrons. The van der Waals surface area contributed by atoms with Crippen LogP contribution < -0.4 is 26.2 Å². The molecule has 0 saturated carbocycles. The average molecular weight is 528 g/mol. The fourth-order valence-corrected chi connectivity index (χ4v) is 4.30. The van der Waals surface area contributed by atoms with Crippen LogP contribution in [0.25, 0.3) is 0 Å². The van der Waals surface area contributed by atoms with Gasteiger partial charge in [0.15, 0.2) is 5.84 Å². The lowest BCUT2D eigenvalue weighted by molar-refractivity contribution is 0.102. The molecule has 1 amide bonds. The summed E-state index contributed by atoms with van der Waals surface area (Å²) in [4.78, 5) is 33.6. The SMILES string of the molecule is C=CNc1cnc(N2CCCN(C)CC2)nc1C(N)=Nc1cc(C(=O)Nc2cccc(N(C)C)c2)ccc1C. The third-order valence-electron chi connectivity index (χ3n) is 6.61. The first-order valence-electron chi connectivity index (χ1n) is 13.0. The van der Waals surface area contributed by atoms with Gasteiger partial charge in [0, 0.05) is 50.7 Å². The highest BCUT2D eigenvalue weighted by molar-refractivity contribution is 6.06. The zero-order chi connectivity index (χ0) is 27.9. The lowest BCUT2D eigenvalue weighted by Crippen LogP contribution is -2.31. The van der Waals surface area contributed by atoms with Crippen LogP contribution >= 0.6 is 0 Å². The molecule has 39 heavy (non-hydrogen) atoms. The molecule has 204 valence electrons. The summed E-state index contributed by atoms with van der Waals surface area (Å²) in [6.07, 6.45) is 4.28. The molecular formula is C29H37N9O. The van der Waals surface area contributed by atoms with Gasteiger partial charge < -0.3 is 31.1 Å². The second kappa shape index (κ2) is 12.4. The van der Waals surface area contributed by atoms with Gasteiger partial charge in [0.1, 0.15) is 5.69 Å². The predicted molar refractivity (Wildman–Crippen MR) is 160 cm³/mol. The molecule has 1 aliphatic rings. The molecule has 1 aromatic heterocycles. The fourth-order valence-electron chi connectivity index (χ4n) is 4.30. The Balaban J connectivity index is 1.62. The summed E-state index contributed by atoms with van der Waals surface area (Å²) in [6.45, 7) is 9.34. The number of nitrogens with one attached hydrogen (secondary N) is 2. The molecule has 0 unspecified atom stereocenters. The molecule has 0 aliphatic carbocycles. The normalized spacial score (nSPS) is 14.5. The lowest BCUT2D eigenvalue weighted by Gasteiger charge is -2.21. The van der Waals surface area contributed by atoms with Crippen LogP contribution in [0, 0.1) is 6.92 Å². The predicted octanol–water partition coefficient (Wildman–Crippen LogP) is 3.84. The summed E-state index contributed by atoms with van der Waals surface area (Å²) in [5.74, 6) is 0.595. The van der Waals surface area contributed by atoms with Crippen molar-refractivity contribution in [2.75, 3.05) is 67.8 Å². The van der Waals surface area contributed by atoms with Gasteiger partial charge in [0.2, 0.25) is 5.95 Å². The monoisotopic (exact) mass is 527 g/mol. The van der Waals surface area contributed by atoms with Crippen LogP contribution in [0.3, 0.4) is 0 Å². The minimum atomic E-state index is -0.231. The van der Waals surface area contributed by atoms with Crippen LogP contribution in [0.4, 0.5) is 28.7 Å². The summed E-state index contributed by atoms with van der Waals surface area (Å²) >= 11 is 0. The molecular weight excluding hydrogens is 490 g/mol. The maximum Gasteiger partial charge on any atom is 0.255 e. The smallest absolute Gasteiger partial charge is 0.255 e. The van der Waals surface area contributed by atoms with E-state index in [0.29, 0.717) is 34.3 Å². The van der Waals surface area contributed by atoms with Gasteiger partial charge in [0.25, 0.3) is 5.91 Å². The molecule has 4 N–H and O–H groups in total. The molecule has 3 aromatic rings. The van der Waals surface area contributed by atoms with Crippen LogP contribution in [0.15, 0.2) is 66.4 Å². The Morgan fingerprint density at radius 3 is 2.74 bits per heavy atom. The second-order valence-electron chi connectivity index (χ2n) is 9.82. The third-order valence-corrected chi connectivity index (χ3v) is 6.61. The lowest BCUT2D eigenvalue weighted by atomic mass is 10.1. The Kier molecular flexibility index (Phi) is 8.77. The molecule has 1 fully saturated rings. The zero-order valence-electron chi connectivity index (χ0n) is 23.1. The van der Waals surface area contributed by atoms with Gasteiger partial charge >= 0.3 is 0 Å². The van der Waals surface area contributed by atoms with E-state index in [4.69, 9.17) is 15.7 Å². The number of amides is 1. The molecule has 1 aliphatic heterocycles. The number of anilines is 4. The Hall–Kier alpha value is -4.44. The molecule has 2 aromatic carbocycles. The van der Waals surface area contributed by atoms with Crippen LogP contribution in [0.5, 0.6) is 0 Å². The first-order chi connectivity index (χ1) is 18.7. The zero-order valence-corrected chi connectivity index (χ0v) is 23.1. The van der Waals surface area contributed by atoms with Crippen molar-refractivity contribution in [3.8, 4) is 0 Å². The van der Waals surface area contributed by atoms with E-state index in [1.54, 1.807) is 24.5 Å². The summed E-state index contributed by atoms with van der Waals surface area (Å²) in [5, 5.41) is 6.03. The van der Waals surface area contributed by atoms with Crippen molar-refractivity contribution in [3.05, 3.63) is 78.3 Å². The van der Waals surface area contributed by atoms with E-state index in [2.05, 4.69) is 39.0 Å². The number of nitrogens with zero attached hydrogens (tertiary/aromatic N) is 6. The van der Waals surface area contributed by atoms with Crippen LogP contribution in [0.2, 0.25) is 0 Å². The van der Waals surface area contributed by atoms with E-state index in [9.17, 15) is 4.79 Å². The number of amidine groups is 1. The van der Waals surface area contributed by atoms with E-state index in [1.165, 1.54) is 0 Å². The van der Waals surface area contributed by atoms with Gasteiger partial charge in [-0.2, -0.15) is 0 Å². The quantitative estimate of drug-likeness (QED) is 0.299. The van der Waals surface area contributed by atoms with Crippen LogP contribution in [-0.2, 0) is 0 Å². The summed E-state index contributed by atoms with van der Waals surface area (Å²) in [6, 6.07) is 13.0. The fraction of sp³-hybridized carbons (Fsp3) is 0.310. The second-order valence-corrected chi connectivity index (χ2v) is 9.82. The first kappa shape index (κ1) is 27.6. The summed E-state index contributed by atoms with van der Waals surface area (Å²) in [7, 11) is 6.03. The van der Waals surface area contributed by atoms with E-state index < -0.39 is 0 Å². The van der Waals surface area contributed by atoms with Gasteiger partial charge in [-0.25, -0.2) is 15.0 Å². The van der Waals surface area contributed by atoms with Crippen molar-refractivity contribution in [1.29, 1.82) is 0 Å². The van der Waals surface area contributed by atoms with Crippen molar-refractivity contribution >= 4 is 40.4 Å². The molecule has 10 heteroatoms. The number of likely N-dealkylation sites (N-methyl/N-ethyl adjacent to an activating group) is 1. The Labute approximate surface area is 230 Å². The maximum atomic E-state index is 13.1. The van der Waals surface area contributed by atoms with Crippen molar-refractivity contribution in [2.24, 2.45) is 10.7 Å². The topological polar surface area (TPSA) is 115 Å². The van der Waals surface area contributed by atoms with E-state index in [-0.39, 0.29) is 11.7 Å². The minimum absolute atomic E-state index is 0.217. The minimum Gasteiger partial charge on any atom is -0.382 e. The third kappa shape index (κ3) is 6.91. The number of aliphatic imine (C=N–C) groups is 1. The number of nitrogens with two attached hydrogens (primary N) is 1. The highest BCUT2D eigenvalue weighted by atomic mass is 16.1. The number of carbonyl (C=O) groups excluding carboxylic acids is 1. The van der Waals surface area contributed by atoms with Crippen LogP contribution in [-0.4, -0.2) is 73.9 Å². The summed E-state index contributed by atoms with van der Waals surface area (Å²) < 4.78 is 0. The highest BCUT2D eigenvalue weighted by Crippen LogP contribution is 2.25. The van der Waals surface area contributed by atoms with Gasteiger partial charge in [-0.15, -0.1) is 0 Å². The number of benzene rings is 2. The van der Waals surface area contributed by atoms with Crippen LogP contribution in [0.1, 0.15) is 28.0 Å². The standard InChI is InChI=1S/C29H37N9O/c1-6-31-25-19-32-29(38-14-8-13-37(5)15-16-38)35-26(25)27(30)34-24-17-21(12-11-20(24)2)28(39)33-22-9-7-10-23(18-22)36(3)4/h6-7,9-12,17-19,31H,1,8,13-16H2,2-5H3,(H2,30,34)(H,33,39). The van der Waals surface area contributed by atoms with Crippen molar-refractivity contribution in [3.63, 3.8) is 0 Å². The van der Waals surface area contributed by atoms with Gasteiger partial charge in [-0.3, -0.25) is 4.79 Å². The Morgan fingerprint density at radius 2 is 1.97 bits per heavy atom. The molecule has 2 heterocycles. The molecule has 0 atom stereocenters. The van der Waals surface area contributed by atoms with Crippen molar-refractivity contribution in [1.82, 2.24) is 14.9 Å². The molecule has 10 nitrogen and oxygen atoms in total. The highest BCUT2D eigenvalue weighted by Gasteiger charge is 2.18. The molecule has 0 bridgehead atoms. The number of aromatic nitrogens is 2. The Morgan fingerprint density at radius 1 is 1.15 bits per heavy atom. The number of aryl methyl sites for hydroxylation is 1. The number of carbonyl (C=O) groups is 1. The molecule has 0 spiro atoms. The number of rotatable bonds is 8. The summed E-state index contributed by atoms with van der Waals surface area (Å²) in [5.41, 5.74) is 11.3. The van der Waals surface area contributed by atoms with Gasteiger partial charge in [0.05, 0.1) is 17.6 Å².